The Labute approximate surface area is 283 Å². The van der Waals surface area contributed by atoms with Crippen molar-refractivity contribution in [1.82, 2.24) is 4.57 Å². The molecule has 0 spiro atoms. The van der Waals surface area contributed by atoms with Crippen LogP contribution in [0.25, 0.3) is 60.9 Å². The monoisotopic (exact) mass is 618 g/mol. The highest BCUT2D eigenvalue weighted by molar-refractivity contribution is 6.10. The molecule has 0 aliphatic carbocycles. The van der Waals surface area contributed by atoms with Crippen molar-refractivity contribution >= 4 is 33.2 Å². The van der Waals surface area contributed by atoms with Crippen LogP contribution >= 0.6 is 0 Å². The molecule has 0 atom stereocenters. The molecule has 1 aromatic heterocycles. The van der Waals surface area contributed by atoms with Gasteiger partial charge < -0.3 is 9.88 Å². The van der Waals surface area contributed by atoms with Crippen LogP contribution in [0.2, 0.25) is 0 Å². The van der Waals surface area contributed by atoms with Gasteiger partial charge in [0.15, 0.2) is 0 Å². The predicted octanol–water partition coefficient (Wildman–Crippen LogP) is 12.8. The molecule has 0 saturated carbocycles. The van der Waals surface area contributed by atoms with Crippen molar-refractivity contribution in [2.75, 3.05) is 5.32 Å². The van der Waals surface area contributed by atoms with Gasteiger partial charge in [0.25, 0.3) is 0 Å². The number of nitrogens with zero attached hydrogens (tertiary/aromatic N) is 1. The van der Waals surface area contributed by atoms with E-state index < -0.39 is 0 Å². The molecule has 8 rings (SSSR count). The number of nitrogens with one attached hydrogen (secondary N) is 1. The fraction of sp³-hybridized carbons (Fsp3) is 0.0870. The van der Waals surface area contributed by atoms with E-state index in [-0.39, 0.29) is 5.41 Å². The zero-order valence-electron chi connectivity index (χ0n) is 27.6. The molecule has 0 saturated heterocycles. The van der Waals surface area contributed by atoms with Gasteiger partial charge in [-0.15, -0.1) is 0 Å². The van der Waals surface area contributed by atoms with Crippen LogP contribution in [0.4, 0.5) is 11.4 Å². The Bertz CT molecular complexity index is 2320. The van der Waals surface area contributed by atoms with E-state index in [2.05, 4.69) is 201 Å². The Morgan fingerprint density at radius 1 is 0.438 bits per heavy atom. The Hall–Kier alpha value is -5.86. The predicted molar refractivity (Wildman–Crippen MR) is 206 cm³/mol. The Balaban J connectivity index is 1.26. The molecule has 0 unspecified atom stereocenters. The molecular formula is C46H38N2. The van der Waals surface area contributed by atoms with Crippen LogP contribution < -0.4 is 5.32 Å². The minimum absolute atomic E-state index is 0.00617. The maximum atomic E-state index is 3.92. The summed E-state index contributed by atoms with van der Waals surface area (Å²) in [5, 5.41) is 6.42. The maximum absolute atomic E-state index is 3.92. The molecule has 0 aliphatic heterocycles. The fourth-order valence-corrected chi connectivity index (χ4v) is 6.83. The number of benzene rings is 7. The third kappa shape index (κ3) is 5.46. The normalized spacial score (nSPS) is 11.6. The summed E-state index contributed by atoms with van der Waals surface area (Å²) >= 11 is 0. The summed E-state index contributed by atoms with van der Waals surface area (Å²) in [6.45, 7) is 6.86. The molecule has 2 heteroatoms. The lowest BCUT2D eigenvalue weighted by molar-refractivity contribution is 0.591. The van der Waals surface area contributed by atoms with Crippen LogP contribution in [0.3, 0.4) is 0 Å². The van der Waals surface area contributed by atoms with Gasteiger partial charge in [-0.25, -0.2) is 0 Å². The van der Waals surface area contributed by atoms with Crippen molar-refractivity contribution in [3.05, 3.63) is 175 Å². The SMILES string of the molecule is CC(C)(C)c1cc(-c2ccccc2)c(Nc2cccc(-c3ccc4c(c3)c3ccccc3n4-c3ccccc3)c2)c(-c2ccccc2)c1. The number of hydrogen-bond acceptors (Lipinski definition) is 1. The Morgan fingerprint density at radius 3 is 1.62 bits per heavy atom. The van der Waals surface area contributed by atoms with E-state index >= 15 is 0 Å². The zero-order chi connectivity index (χ0) is 32.7. The van der Waals surface area contributed by atoms with Crippen LogP contribution in [0.1, 0.15) is 26.3 Å². The number of para-hydroxylation sites is 2. The minimum Gasteiger partial charge on any atom is -0.354 e. The molecule has 7 aromatic carbocycles. The summed E-state index contributed by atoms with van der Waals surface area (Å²) in [5.41, 5.74) is 14.2. The van der Waals surface area contributed by atoms with Gasteiger partial charge in [0.05, 0.1) is 16.7 Å². The second kappa shape index (κ2) is 12.1. The van der Waals surface area contributed by atoms with E-state index in [1.807, 2.05) is 0 Å². The molecule has 0 aliphatic rings. The molecular weight excluding hydrogens is 581 g/mol. The van der Waals surface area contributed by atoms with Gasteiger partial charge >= 0.3 is 0 Å². The van der Waals surface area contributed by atoms with E-state index in [0.717, 1.165) is 11.4 Å². The molecule has 0 fully saturated rings. The van der Waals surface area contributed by atoms with Crippen molar-refractivity contribution in [3.63, 3.8) is 0 Å². The summed E-state index contributed by atoms with van der Waals surface area (Å²) in [6, 6.07) is 61.2. The van der Waals surface area contributed by atoms with Gasteiger partial charge in [0.2, 0.25) is 0 Å². The van der Waals surface area contributed by atoms with Crippen molar-refractivity contribution in [2.45, 2.75) is 26.2 Å². The van der Waals surface area contributed by atoms with Gasteiger partial charge in [0.1, 0.15) is 0 Å². The standard InChI is InChI=1S/C46H38N2/c1-46(2,3)36-30-40(32-16-7-4-8-17-32)45(41(31-36)33-18-9-5-10-19-33)47-37-21-15-20-34(28-37)35-26-27-44-42(29-35)39-24-13-14-25-43(39)48(44)38-22-11-6-12-23-38/h4-31,47H,1-3H3. The van der Waals surface area contributed by atoms with E-state index in [4.69, 9.17) is 0 Å². The van der Waals surface area contributed by atoms with Crippen LogP contribution in [0.5, 0.6) is 0 Å². The highest BCUT2D eigenvalue weighted by Crippen LogP contribution is 2.43. The summed E-state index contributed by atoms with van der Waals surface area (Å²) < 4.78 is 2.36. The number of hydrogen-bond donors (Lipinski definition) is 1. The second-order valence-corrected chi connectivity index (χ2v) is 13.6. The third-order valence-corrected chi connectivity index (χ3v) is 9.33. The van der Waals surface area contributed by atoms with Crippen LogP contribution in [-0.4, -0.2) is 4.57 Å². The maximum Gasteiger partial charge on any atom is 0.0543 e. The molecule has 0 radical (unpaired) electrons. The molecule has 232 valence electrons. The number of anilines is 2. The number of aromatic nitrogens is 1. The highest BCUT2D eigenvalue weighted by Gasteiger charge is 2.21. The van der Waals surface area contributed by atoms with Crippen molar-refractivity contribution < 1.29 is 0 Å². The zero-order valence-corrected chi connectivity index (χ0v) is 27.6. The van der Waals surface area contributed by atoms with Gasteiger partial charge in [-0.1, -0.05) is 136 Å². The highest BCUT2D eigenvalue weighted by atomic mass is 15.0. The molecule has 8 aromatic rings. The molecule has 2 nitrogen and oxygen atoms in total. The average molecular weight is 619 g/mol. The van der Waals surface area contributed by atoms with Gasteiger partial charge in [-0.2, -0.15) is 0 Å². The topological polar surface area (TPSA) is 17.0 Å². The lowest BCUT2D eigenvalue weighted by Crippen LogP contribution is -2.12. The molecule has 0 amide bonds. The summed E-state index contributed by atoms with van der Waals surface area (Å²) in [6.07, 6.45) is 0. The van der Waals surface area contributed by atoms with Gasteiger partial charge in [0, 0.05) is 33.3 Å². The van der Waals surface area contributed by atoms with Crippen molar-refractivity contribution in [1.29, 1.82) is 0 Å². The second-order valence-electron chi connectivity index (χ2n) is 13.6. The summed E-state index contributed by atoms with van der Waals surface area (Å²) in [4.78, 5) is 0. The Morgan fingerprint density at radius 2 is 0.979 bits per heavy atom. The van der Waals surface area contributed by atoms with E-state index in [1.54, 1.807) is 0 Å². The first kappa shape index (κ1) is 29.5. The number of fused-ring (bicyclic) bond motifs is 3. The van der Waals surface area contributed by atoms with Gasteiger partial charge in [-0.05, 0) is 87.8 Å². The number of rotatable bonds is 6. The third-order valence-electron chi connectivity index (χ3n) is 9.33. The summed E-state index contributed by atoms with van der Waals surface area (Å²) in [7, 11) is 0. The molecule has 0 bridgehead atoms. The minimum atomic E-state index is -0.00617. The van der Waals surface area contributed by atoms with Crippen LogP contribution in [0, 0.1) is 0 Å². The van der Waals surface area contributed by atoms with E-state index in [0.29, 0.717) is 0 Å². The lowest BCUT2D eigenvalue weighted by atomic mass is 9.82. The van der Waals surface area contributed by atoms with Crippen molar-refractivity contribution in [2.24, 2.45) is 0 Å². The quantitative estimate of drug-likeness (QED) is 0.196. The molecule has 1 N–H and O–H groups in total. The largest absolute Gasteiger partial charge is 0.354 e. The summed E-state index contributed by atoms with van der Waals surface area (Å²) in [5.74, 6) is 0. The van der Waals surface area contributed by atoms with Crippen LogP contribution in [0.15, 0.2) is 170 Å². The fourth-order valence-electron chi connectivity index (χ4n) is 6.83. The first-order chi connectivity index (χ1) is 23.4. The first-order valence-electron chi connectivity index (χ1n) is 16.7. The lowest BCUT2D eigenvalue weighted by Gasteiger charge is -2.25. The van der Waals surface area contributed by atoms with Gasteiger partial charge in [-0.3, -0.25) is 0 Å². The van der Waals surface area contributed by atoms with Crippen molar-refractivity contribution in [3.8, 4) is 39.1 Å². The van der Waals surface area contributed by atoms with E-state index in [9.17, 15) is 0 Å². The molecule has 48 heavy (non-hydrogen) atoms. The smallest absolute Gasteiger partial charge is 0.0543 e. The average Bonchev–Trinajstić information content (AvgIpc) is 3.46. The molecule has 1 heterocycles. The Kier molecular flexibility index (Phi) is 7.42. The first-order valence-corrected chi connectivity index (χ1v) is 16.7. The van der Waals surface area contributed by atoms with Crippen LogP contribution in [-0.2, 0) is 5.41 Å². The van der Waals surface area contributed by atoms with E-state index in [1.165, 1.54) is 66.4 Å².